The van der Waals surface area contributed by atoms with Gasteiger partial charge in [0.05, 0.1) is 0 Å². The number of hydrogen-bond donors (Lipinski definition) is 1. The molecule has 0 spiro atoms. The van der Waals surface area contributed by atoms with Gasteiger partial charge in [-0.15, -0.1) is 0 Å². The molecule has 0 bridgehead atoms. The van der Waals surface area contributed by atoms with Gasteiger partial charge in [-0.2, -0.15) is 0 Å². The highest BCUT2D eigenvalue weighted by molar-refractivity contribution is 5.85. The molecule has 0 aliphatic carbocycles. The molecule has 0 rings (SSSR count). The van der Waals surface area contributed by atoms with Crippen LogP contribution in [0.2, 0.25) is 0 Å². The van der Waals surface area contributed by atoms with Crippen LogP contribution in [0.15, 0.2) is 23.3 Å². The van der Waals surface area contributed by atoms with Gasteiger partial charge in [0, 0.05) is 5.57 Å². The summed E-state index contributed by atoms with van der Waals surface area (Å²) in [6, 6.07) is 0. The van der Waals surface area contributed by atoms with E-state index in [9.17, 15) is 4.79 Å². The maximum Gasteiger partial charge on any atom is 0.330 e. The van der Waals surface area contributed by atoms with Gasteiger partial charge in [-0.05, 0) is 50.9 Å². The minimum absolute atomic E-state index is 0. The molecular formula is C22H46O2. The van der Waals surface area contributed by atoms with Crippen molar-refractivity contribution in [1.82, 2.24) is 0 Å². The molecule has 0 saturated heterocycles. The van der Waals surface area contributed by atoms with Gasteiger partial charge in [0.2, 0.25) is 0 Å². The minimum Gasteiger partial charge on any atom is -0.478 e. The molecule has 24 heavy (non-hydrogen) atoms. The molecule has 0 amide bonds. The lowest BCUT2D eigenvalue weighted by molar-refractivity contribution is -0.132. The van der Waals surface area contributed by atoms with E-state index < -0.39 is 5.97 Å². The second-order valence-electron chi connectivity index (χ2n) is 9.02. The maximum absolute atomic E-state index is 10.3. The third kappa shape index (κ3) is 37.3. The maximum atomic E-state index is 10.3. The average Bonchev–Trinajstić information content (AvgIpc) is 2.24. The zero-order valence-corrected chi connectivity index (χ0v) is 17.8. The largest absolute Gasteiger partial charge is 0.478 e. The molecule has 0 radical (unpaired) electrons. The second-order valence-corrected chi connectivity index (χ2v) is 9.02. The molecule has 0 fully saturated rings. The quantitative estimate of drug-likeness (QED) is 0.411. The Morgan fingerprint density at radius 2 is 1.33 bits per heavy atom. The highest BCUT2D eigenvalue weighted by atomic mass is 16.4. The lowest BCUT2D eigenvalue weighted by Crippen LogP contribution is -2.08. The molecule has 146 valence electrons. The summed E-state index contributed by atoms with van der Waals surface area (Å²) in [5.74, 6) is 0.00456. The molecule has 0 aliphatic heterocycles. The molecule has 0 aliphatic rings. The molecule has 0 saturated carbocycles. The van der Waals surface area contributed by atoms with Crippen LogP contribution in [0, 0.1) is 16.7 Å². The lowest BCUT2D eigenvalue weighted by atomic mass is 9.86. The van der Waals surface area contributed by atoms with Gasteiger partial charge in [-0.1, -0.05) is 80.5 Å². The molecule has 0 aromatic carbocycles. The molecule has 0 heterocycles. The first-order valence-corrected chi connectivity index (χ1v) is 8.54. The van der Waals surface area contributed by atoms with Crippen LogP contribution >= 0.6 is 0 Å². The van der Waals surface area contributed by atoms with Gasteiger partial charge < -0.3 is 5.11 Å². The highest BCUT2D eigenvalue weighted by Crippen LogP contribution is 2.23. The number of aliphatic carboxylic acids is 1. The van der Waals surface area contributed by atoms with Crippen molar-refractivity contribution in [1.29, 1.82) is 0 Å². The first-order chi connectivity index (χ1) is 10.0. The van der Waals surface area contributed by atoms with Crippen molar-refractivity contribution in [3.05, 3.63) is 23.3 Å². The van der Waals surface area contributed by atoms with Crippen molar-refractivity contribution in [2.75, 3.05) is 0 Å². The fraction of sp³-hybridized carbons (Fsp3) is 0.773. The second kappa shape index (κ2) is 14.3. The predicted molar refractivity (Wildman–Crippen MR) is 112 cm³/mol. The summed E-state index contributed by atoms with van der Waals surface area (Å²) in [6.45, 7) is 25.1. The molecule has 1 N–H and O–H groups in total. The van der Waals surface area contributed by atoms with E-state index in [0.717, 1.165) is 5.92 Å². The van der Waals surface area contributed by atoms with E-state index in [2.05, 4.69) is 54.5 Å². The Bertz CT molecular complexity index is 368. The lowest BCUT2D eigenvalue weighted by Gasteiger charge is -2.19. The molecule has 0 unspecified atom stereocenters. The van der Waals surface area contributed by atoms with Crippen molar-refractivity contribution < 1.29 is 9.90 Å². The average molecular weight is 343 g/mol. The number of carboxylic acid groups (broad SMARTS) is 1. The van der Waals surface area contributed by atoms with Gasteiger partial charge in [0.1, 0.15) is 0 Å². The van der Waals surface area contributed by atoms with E-state index in [0.29, 0.717) is 11.0 Å². The van der Waals surface area contributed by atoms with Gasteiger partial charge in [-0.25, -0.2) is 4.79 Å². The van der Waals surface area contributed by atoms with Crippen molar-refractivity contribution in [3.8, 4) is 0 Å². The molecule has 2 heteroatoms. The van der Waals surface area contributed by atoms with Crippen LogP contribution in [0.4, 0.5) is 0 Å². The Morgan fingerprint density at radius 1 is 1.00 bits per heavy atom. The van der Waals surface area contributed by atoms with E-state index in [4.69, 9.17) is 5.11 Å². The summed E-state index contributed by atoms with van der Waals surface area (Å²) >= 11 is 0. The van der Waals surface area contributed by atoms with Crippen molar-refractivity contribution >= 4 is 5.97 Å². The number of rotatable bonds is 2. The standard InChI is InChI=1S/C8H14O2.C8H18.C5H10.CH4/c1-6(7(9)10)5-8(2,3)4;1-7(2)6-8(3,4)5;1-4-5(2)3;/h5H,1-4H3,(H,9,10);7H,6H2,1-5H3;4H,1-3H3;1H4/b6-5+;;;. The SMILES string of the molecule is C.C/C(=C\C(C)(C)C)C(=O)O.CC(C)CC(C)(C)C.CC=C(C)C. The Hall–Kier alpha value is -1.05. The Kier molecular flexibility index (Phi) is 18.4. The number of hydrogen-bond acceptors (Lipinski definition) is 1. The van der Waals surface area contributed by atoms with Crippen molar-refractivity contribution in [2.45, 2.75) is 96.9 Å². The normalized spacial score (nSPS) is 11.3. The summed E-state index contributed by atoms with van der Waals surface area (Å²) in [4.78, 5) is 10.3. The molecule has 0 aromatic rings. The molecular weight excluding hydrogens is 296 g/mol. The van der Waals surface area contributed by atoms with Crippen LogP contribution < -0.4 is 0 Å². The zero-order chi connectivity index (χ0) is 19.4. The van der Waals surface area contributed by atoms with Crippen molar-refractivity contribution in [3.63, 3.8) is 0 Å². The smallest absolute Gasteiger partial charge is 0.330 e. The third-order valence-corrected chi connectivity index (χ3v) is 2.58. The van der Waals surface area contributed by atoms with E-state index in [1.54, 1.807) is 13.0 Å². The van der Waals surface area contributed by atoms with Gasteiger partial charge >= 0.3 is 5.97 Å². The molecule has 0 aromatic heterocycles. The summed E-state index contributed by atoms with van der Waals surface area (Å²) in [6.07, 6.45) is 5.16. The van der Waals surface area contributed by atoms with E-state index in [1.807, 2.05) is 27.7 Å². The van der Waals surface area contributed by atoms with Crippen LogP contribution in [0.3, 0.4) is 0 Å². The Balaban J connectivity index is -0.000000129. The zero-order valence-electron chi connectivity index (χ0n) is 17.8. The monoisotopic (exact) mass is 342 g/mol. The first-order valence-electron chi connectivity index (χ1n) is 8.54. The number of allylic oxidation sites excluding steroid dienone is 3. The van der Waals surface area contributed by atoms with Crippen LogP contribution in [0.1, 0.15) is 96.9 Å². The molecule has 2 nitrogen and oxygen atoms in total. The van der Waals surface area contributed by atoms with Gasteiger partial charge in [0.15, 0.2) is 0 Å². The highest BCUT2D eigenvalue weighted by Gasteiger charge is 2.11. The van der Waals surface area contributed by atoms with Crippen LogP contribution in [-0.2, 0) is 4.79 Å². The predicted octanol–water partition coefficient (Wildman–Crippen LogP) is 7.75. The summed E-state index contributed by atoms with van der Waals surface area (Å²) in [5.41, 5.74) is 2.27. The summed E-state index contributed by atoms with van der Waals surface area (Å²) < 4.78 is 0. The van der Waals surface area contributed by atoms with Gasteiger partial charge in [-0.3, -0.25) is 0 Å². The van der Waals surface area contributed by atoms with Crippen LogP contribution in [-0.4, -0.2) is 11.1 Å². The van der Waals surface area contributed by atoms with E-state index in [1.165, 1.54) is 12.0 Å². The third-order valence-electron chi connectivity index (χ3n) is 2.58. The van der Waals surface area contributed by atoms with E-state index in [-0.39, 0.29) is 12.8 Å². The fourth-order valence-corrected chi connectivity index (χ4v) is 1.94. The topological polar surface area (TPSA) is 37.3 Å². The van der Waals surface area contributed by atoms with Gasteiger partial charge in [0.25, 0.3) is 0 Å². The summed E-state index contributed by atoms with van der Waals surface area (Å²) in [7, 11) is 0. The van der Waals surface area contributed by atoms with Crippen molar-refractivity contribution in [2.24, 2.45) is 16.7 Å². The minimum atomic E-state index is -0.838. The number of carboxylic acids is 1. The Morgan fingerprint density at radius 3 is 1.38 bits per heavy atom. The summed E-state index contributed by atoms with van der Waals surface area (Å²) in [5, 5.41) is 8.48. The molecule has 0 atom stereocenters. The van der Waals surface area contributed by atoms with Crippen LogP contribution in [0.5, 0.6) is 0 Å². The number of carbonyl (C=O) groups is 1. The Labute approximate surface area is 153 Å². The van der Waals surface area contributed by atoms with Crippen LogP contribution in [0.25, 0.3) is 0 Å². The fourth-order valence-electron chi connectivity index (χ4n) is 1.94. The first kappa shape index (κ1) is 30.8. The van der Waals surface area contributed by atoms with E-state index >= 15 is 0 Å².